The number of hydrogen-bond donors (Lipinski definition) is 2. The molecule has 0 radical (unpaired) electrons. The zero-order chi connectivity index (χ0) is 17.7. The van der Waals surface area contributed by atoms with Crippen LogP contribution in [-0.4, -0.2) is 30.0 Å². The Bertz CT molecular complexity index is 710. The van der Waals surface area contributed by atoms with Crippen LogP contribution in [0, 0.1) is 0 Å². The number of pyridine rings is 1. The molecule has 2 aromatic rings. The lowest BCUT2D eigenvalue weighted by Gasteiger charge is -2.24. The summed E-state index contributed by atoms with van der Waals surface area (Å²) in [6.45, 7) is 7.46. The molecule has 6 heteroatoms. The molecule has 1 aromatic heterocycles. The van der Waals surface area contributed by atoms with Gasteiger partial charge in [0.15, 0.2) is 0 Å². The average Bonchev–Trinajstić information content (AvgIpc) is 2.51. The number of nitrogens with zero attached hydrogens (tertiary/aromatic N) is 1. The van der Waals surface area contributed by atoms with Crippen molar-refractivity contribution in [3.05, 3.63) is 30.3 Å². The number of carbonyl (C=O) groups excluding carboxylic acids is 1. The Kier molecular flexibility index (Phi) is 5.49. The topological polar surface area (TPSA) is 72.5 Å². The second kappa shape index (κ2) is 7.38. The number of methoxy groups -OCH3 is 1. The van der Waals surface area contributed by atoms with Crippen LogP contribution in [0.4, 0.5) is 10.6 Å². The highest BCUT2D eigenvalue weighted by Crippen LogP contribution is 2.27. The van der Waals surface area contributed by atoms with Gasteiger partial charge in [0.05, 0.1) is 12.6 Å². The number of nitrogens with one attached hydrogen (secondary N) is 2. The van der Waals surface area contributed by atoms with Crippen LogP contribution in [0.25, 0.3) is 10.9 Å². The minimum Gasteiger partial charge on any atom is -0.496 e. The van der Waals surface area contributed by atoms with Crippen LogP contribution in [-0.2, 0) is 4.74 Å². The summed E-state index contributed by atoms with van der Waals surface area (Å²) in [7, 11) is 1.63. The molecule has 0 fully saturated rings. The Balaban J connectivity index is 2.16. The maximum absolute atomic E-state index is 11.9. The number of ether oxygens (including phenoxy) is 2. The normalized spacial score (nSPS) is 12.5. The number of benzene rings is 1. The van der Waals surface area contributed by atoms with E-state index in [4.69, 9.17) is 9.47 Å². The summed E-state index contributed by atoms with van der Waals surface area (Å²) in [6, 6.07) is 9.57. The third-order valence-corrected chi connectivity index (χ3v) is 3.32. The molecule has 1 atom stereocenters. The number of aromatic nitrogens is 1. The number of amides is 1. The number of hydrogen-bond acceptors (Lipinski definition) is 5. The molecule has 0 aliphatic carbocycles. The maximum atomic E-state index is 11.9. The van der Waals surface area contributed by atoms with E-state index in [-0.39, 0.29) is 6.17 Å². The zero-order valence-electron chi connectivity index (χ0n) is 14.8. The van der Waals surface area contributed by atoms with Crippen LogP contribution in [0.3, 0.4) is 0 Å². The first-order chi connectivity index (χ1) is 11.3. The highest BCUT2D eigenvalue weighted by Gasteiger charge is 2.19. The maximum Gasteiger partial charge on any atom is 0.409 e. The number of anilines is 1. The average molecular weight is 331 g/mol. The molecular formula is C18H25N3O3. The lowest BCUT2D eigenvalue weighted by atomic mass is 10.2. The number of para-hydroxylation sites is 1. The summed E-state index contributed by atoms with van der Waals surface area (Å²) in [5.74, 6) is 1.36. The van der Waals surface area contributed by atoms with Crippen molar-refractivity contribution < 1.29 is 14.3 Å². The minimum absolute atomic E-state index is 0.293. The van der Waals surface area contributed by atoms with E-state index in [0.717, 1.165) is 16.7 Å². The molecular weight excluding hydrogens is 306 g/mol. The first kappa shape index (κ1) is 17.8. The van der Waals surface area contributed by atoms with Crippen LogP contribution in [0.1, 0.15) is 34.1 Å². The minimum atomic E-state index is -0.535. The quantitative estimate of drug-likeness (QED) is 0.813. The molecule has 2 N–H and O–H groups in total. The number of fused-ring (bicyclic) bond motifs is 1. The van der Waals surface area contributed by atoms with Gasteiger partial charge in [-0.05, 0) is 39.3 Å². The van der Waals surface area contributed by atoms with Crippen LogP contribution in [0.15, 0.2) is 30.3 Å². The van der Waals surface area contributed by atoms with Gasteiger partial charge in [0.1, 0.15) is 23.3 Å². The van der Waals surface area contributed by atoms with Crippen LogP contribution >= 0.6 is 0 Å². The molecule has 0 saturated carbocycles. The molecule has 2 rings (SSSR count). The van der Waals surface area contributed by atoms with E-state index in [0.29, 0.717) is 12.2 Å². The summed E-state index contributed by atoms with van der Waals surface area (Å²) in [5, 5.41) is 6.96. The van der Waals surface area contributed by atoms with Gasteiger partial charge in [-0.2, -0.15) is 0 Å². The first-order valence-electron chi connectivity index (χ1n) is 8.02. The van der Waals surface area contributed by atoms with Crippen LogP contribution in [0.2, 0.25) is 0 Å². The molecule has 0 bridgehead atoms. The molecule has 1 unspecified atom stereocenters. The van der Waals surface area contributed by atoms with Crippen molar-refractivity contribution in [1.82, 2.24) is 10.3 Å². The Labute approximate surface area is 142 Å². The van der Waals surface area contributed by atoms with Crippen molar-refractivity contribution in [2.75, 3.05) is 12.4 Å². The van der Waals surface area contributed by atoms with E-state index in [1.165, 1.54) is 0 Å². The Morgan fingerprint density at radius 2 is 2.00 bits per heavy atom. The van der Waals surface area contributed by atoms with Gasteiger partial charge in [-0.1, -0.05) is 19.1 Å². The molecule has 0 saturated heterocycles. The zero-order valence-corrected chi connectivity index (χ0v) is 14.8. The van der Waals surface area contributed by atoms with Gasteiger partial charge in [-0.25, -0.2) is 9.78 Å². The first-order valence-corrected chi connectivity index (χ1v) is 8.02. The third-order valence-electron chi connectivity index (χ3n) is 3.32. The number of rotatable bonds is 5. The molecule has 24 heavy (non-hydrogen) atoms. The highest BCUT2D eigenvalue weighted by molar-refractivity contribution is 5.86. The molecule has 0 aliphatic heterocycles. The molecule has 0 spiro atoms. The fourth-order valence-corrected chi connectivity index (χ4v) is 2.25. The molecule has 6 nitrogen and oxygen atoms in total. The van der Waals surface area contributed by atoms with Gasteiger partial charge < -0.3 is 20.1 Å². The van der Waals surface area contributed by atoms with E-state index in [1.807, 2.05) is 58.0 Å². The lowest BCUT2D eigenvalue weighted by Crippen LogP contribution is -2.43. The van der Waals surface area contributed by atoms with E-state index in [9.17, 15) is 4.79 Å². The van der Waals surface area contributed by atoms with E-state index in [1.54, 1.807) is 7.11 Å². The second-order valence-electron chi connectivity index (χ2n) is 6.48. The fraction of sp³-hybridized carbons (Fsp3) is 0.444. The monoisotopic (exact) mass is 331 g/mol. The Morgan fingerprint density at radius 1 is 1.29 bits per heavy atom. The Hall–Kier alpha value is -2.50. The summed E-state index contributed by atoms with van der Waals surface area (Å²) < 4.78 is 10.7. The summed E-state index contributed by atoms with van der Waals surface area (Å²) >= 11 is 0. The van der Waals surface area contributed by atoms with Crippen molar-refractivity contribution in [1.29, 1.82) is 0 Å². The predicted octanol–water partition coefficient (Wildman–Crippen LogP) is 3.92. The van der Waals surface area contributed by atoms with E-state index < -0.39 is 11.7 Å². The van der Waals surface area contributed by atoms with Crippen LogP contribution < -0.4 is 15.4 Å². The van der Waals surface area contributed by atoms with E-state index >= 15 is 0 Å². The van der Waals surface area contributed by atoms with Gasteiger partial charge in [0.2, 0.25) is 0 Å². The molecule has 0 aliphatic rings. The van der Waals surface area contributed by atoms with Gasteiger partial charge in [-0.3, -0.25) is 0 Å². The molecule has 1 aromatic carbocycles. The van der Waals surface area contributed by atoms with Crippen molar-refractivity contribution in [2.45, 2.75) is 45.9 Å². The largest absolute Gasteiger partial charge is 0.496 e. The third kappa shape index (κ3) is 4.75. The van der Waals surface area contributed by atoms with Gasteiger partial charge >= 0.3 is 6.09 Å². The molecule has 130 valence electrons. The summed E-state index contributed by atoms with van der Waals surface area (Å²) in [5.41, 5.74) is 0.291. The van der Waals surface area contributed by atoms with Crippen molar-refractivity contribution in [3.63, 3.8) is 0 Å². The molecule has 1 amide bonds. The summed E-state index contributed by atoms with van der Waals surface area (Å²) in [6.07, 6.45) is -0.0800. The highest BCUT2D eigenvalue weighted by atomic mass is 16.6. The number of alkyl carbamates (subject to hydrolysis) is 1. The van der Waals surface area contributed by atoms with Gasteiger partial charge in [0.25, 0.3) is 0 Å². The lowest BCUT2D eigenvalue weighted by molar-refractivity contribution is 0.0509. The van der Waals surface area contributed by atoms with Crippen LogP contribution in [0.5, 0.6) is 5.75 Å². The summed E-state index contributed by atoms with van der Waals surface area (Å²) in [4.78, 5) is 16.5. The fourth-order valence-electron chi connectivity index (χ4n) is 2.25. The second-order valence-corrected chi connectivity index (χ2v) is 6.48. The van der Waals surface area contributed by atoms with E-state index in [2.05, 4.69) is 15.6 Å². The molecule has 1 heterocycles. The van der Waals surface area contributed by atoms with Crippen molar-refractivity contribution in [3.8, 4) is 5.75 Å². The smallest absolute Gasteiger partial charge is 0.409 e. The standard InChI is InChI=1S/C18H25N3O3/c1-6-15(21-17(22)24-18(2,3)4)20-16-11-14(23-5)12-9-7-8-10-13(12)19-16/h7-11,15H,6H2,1-5H3,(H,19,20)(H,21,22). The SMILES string of the molecule is CCC(NC(=O)OC(C)(C)C)Nc1cc(OC)c2ccccc2n1. The van der Waals surface area contributed by atoms with Crippen molar-refractivity contribution >= 4 is 22.8 Å². The Morgan fingerprint density at radius 3 is 2.62 bits per heavy atom. The number of carbonyl (C=O) groups is 1. The van der Waals surface area contributed by atoms with Gasteiger partial charge in [-0.15, -0.1) is 0 Å². The van der Waals surface area contributed by atoms with Crippen molar-refractivity contribution in [2.24, 2.45) is 0 Å². The predicted molar refractivity (Wildman–Crippen MR) is 95.4 cm³/mol. The van der Waals surface area contributed by atoms with Gasteiger partial charge in [0, 0.05) is 11.5 Å².